The van der Waals surface area contributed by atoms with Crippen molar-refractivity contribution in [2.45, 2.75) is 56.8 Å². The molecule has 2 aliphatic rings. The monoisotopic (exact) mass is 524 g/mol. The Balaban J connectivity index is 1.68. The van der Waals surface area contributed by atoms with Crippen molar-refractivity contribution >= 4 is 17.6 Å². The van der Waals surface area contributed by atoms with E-state index in [9.17, 15) is 29.0 Å². The van der Waals surface area contributed by atoms with Gasteiger partial charge in [0.05, 0.1) is 18.6 Å². The number of halogens is 1. The zero-order valence-corrected chi connectivity index (χ0v) is 21.3. The van der Waals surface area contributed by atoms with E-state index in [0.717, 1.165) is 5.56 Å². The molecule has 0 spiro atoms. The number of benzene rings is 2. The minimum absolute atomic E-state index is 0.0236. The molecule has 0 saturated carbocycles. The Bertz CT molecular complexity index is 1220. The average Bonchev–Trinajstić information content (AvgIpc) is 3.28. The summed E-state index contributed by atoms with van der Waals surface area (Å²) in [6.07, 6.45) is 0.679. The lowest BCUT2D eigenvalue weighted by Gasteiger charge is -2.41. The maximum atomic E-state index is 13.8. The largest absolute Gasteiger partial charge is 0.486 e. The number of fused-ring (bicyclic) bond motifs is 3. The number of ether oxygens (including phenoxy) is 1. The molecule has 9 heteroatoms. The zero-order valence-electron chi connectivity index (χ0n) is 21.3. The molecular weight excluding hydrogens is 491 g/mol. The van der Waals surface area contributed by atoms with Crippen molar-refractivity contribution in [1.82, 2.24) is 10.2 Å². The number of nitrogens with zero attached hydrogens (tertiary/aromatic N) is 1. The van der Waals surface area contributed by atoms with Gasteiger partial charge in [-0.15, -0.1) is 0 Å². The van der Waals surface area contributed by atoms with Crippen LogP contribution in [0.15, 0.2) is 60.2 Å². The summed E-state index contributed by atoms with van der Waals surface area (Å²) in [5, 5.41) is 23.4. The molecule has 0 radical (unpaired) electrons. The second-order valence-corrected chi connectivity index (χ2v) is 9.70. The van der Waals surface area contributed by atoms with Crippen LogP contribution in [-0.2, 0) is 20.8 Å². The Morgan fingerprint density at radius 2 is 1.89 bits per heavy atom. The van der Waals surface area contributed by atoms with Crippen molar-refractivity contribution in [3.8, 4) is 5.75 Å². The van der Waals surface area contributed by atoms with Crippen molar-refractivity contribution < 1.29 is 33.7 Å². The molecule has 202 valence electrons. The molecule has 4 unspecified atom stereocenters. The molecule has 1 aliphatic carbocycles. The fraction of sp³-hybridized carbons (Fsp3) is 0.414. The van der Waals surface area contributed by atoms with Gasteiger partial charge in [0, 0.05) is 37.1 Å². The maximum Gasteiger partial charge on any atom is 0.247 e. The number of nitrogens with one attached hydrogen (secondary N) is 1. The highest BCUT2D eigenvalue weighted by molar-refractivity contribution is 5.96. The Labute approximate surface area is 221 Å². The third kappa shape index (κ3) is 6.11. The first-order chi connectivity index (χ1) is 18.3. The zero-order chi connectivity index (χ0) is 27.2. The van der Waals surface area contributed by atoms with Gasteiger partial charge < -0.3 is 30.0 Å². The van der Waals surface area contributed by atoms with Crippen LogP contribution in [0.1, 0.15) is 43.2 Å². The van der Waals surface area contributed by atoms with Crippen LogP contribution in [0, 0.1) is 5.82 Å². The number of Topliss-reactive ketones (excluding diaryl/α,β-unsaturated/α-hetero) is 1. The van der Waals surface area contributed by atoms with Crippen LogP contribution in [0.4, 0.5) is 4.39 Å². The molecule has 2 amide bonds. The number of carbonyl (C=O) groups is 3. The summed E-state index contributed by atoms with van der Waals surface area (Å²) in [6.45, 7) is 1.44. The molecule has 3 N–H and O–H groups in total. The van der Waals surface area contributed by atoms with Crippen LogP contribution in [0.5, 0.6) is 5.75 Å². The maximum absolute atomic E-state index is 13.8. The third-order valence-electron chi connectivity index (χ3n) is 7.01. The SMILES string of the molecule is CC(=O)CCCC(=O)N(CCc1cccc(F)c1)C1C=C(C(=O)NCCO)C2c3ccccc3OC2C1O. The minimum Gasteiger partial charge on any atom is -0.486 e. The number of para-hydroxylation sites is 1. The van der Waals surface area contributed by atoms with Gasteiger partial charge in [-0.05, 0) is 49.6 Å². The number of hydrogen-bond acceptors (Lipinski definition) is 6. The summed E-state index contributed by atoms with van der Waals surface area (Å²) >= 11 is 0. The van der Waals surface area contributed by atoms with E-state index in [4.69, 9.17) is 4.74 Å². The quantitative estimate of drug-likeness (QED) is 0.415. The van der Waals surface area contributed by atoms with Crippen LogP contribution in [0.3, 0.4) is 0 Å². The van der Waals surface area contributed by atoms with E-state index >= 15 is 0 Å². The summed E-state index contributed by atoms with van der Waals surface area (Å²) in [7, 11) is 0. The molecule has 0 aromatic heterocycles. The summed E-state index contributed by atoms with van der Waals surface area (Å²) in [4.78, 5) is 39.6. The molecule has 0 saturated heterocycles. The van der Waals surface area contributed by atoms with Gasteiger partial charge in [-0.1, -0.05) is 30.3 Å². The van der Waals surface area contributed by atoms with Gasteiger partial charge in [0.25, 0.3) is 0 Å². The first-order valence-electron chi connectivity index (χ1n) is 12.9. The van der Waals surface area contributed by atoms with Crippen molar-refractivity contribution in [3.05, 3.63) is 77.1 Å². The Morgan fingerprint density at radius 1 is 1.11 bits per heavy atom. The smallest absolute Gasteiger partial charge is 0.247 e. The van der Waals surface area contributed by atoms with Gasteiger partial charge >= 0.3 is 0 Å². The highest BCUT2D eigenvalue weighted by Gasteiger charge is 2.50. The van der Waals surface area contributed by atoms with E-state index in [1.54, 1.807) is 30.3 Å². The number of carbonyl (C=O) groups excluding carboxylic acids is 3. The van der Waals surface area contributed by atoms with Crippen LogP contribution in [0.25, 0.3) is 0 Å². The summed E-state index contributed by atoms with van der Waals surface area (Å²) in [6, 6.07) is 12.4. The molecule has 0 fully saturated rings. The number of hydrogen-bond donors (Lipinski definition) is 3. The summed E-state index contributed by atoms with van der Waals surface area (Å²) in [5.41, 5.74) is 1.79. The second kappa shape index (κ2) is 12.3. The average molecular weight is 525 g/mol. The predicted molar refractivity (Wildman–Crippen MR) is 138 cm³/mol. The van der Waals surface area contributed by atoms with E-state index in [2.05, 4.69) is 5.32 Å². The standard InChI is InChI=1S/C29H33FN2O6/c1-18(34)6-4-11-25(35)32(14-12-19-7-5-8-20(30)16-19)23-17-22(29(37)31-13-15-33)26-21-9-2-3-10-24(21)38-28(26)27(23)36/h2-3,5,7-10,16-17,23,26-28,33,36H,4,6,11-15H2,1H3,(H,31,37). The number of aliphatic hydroxyl groups excluding tert-OH is 2. The van der Waals surface area contributed by atoms with Crippen molar-refractivity contribution in [2.75, 3.05) is 19.7 Å². The van der Waals surface area contributed by atoms with Crippen LogP contribution < -0.4 is 10.1 Å². The first kappa shape index (κ1) is 27.5. The van der Waals surface area contributed by atoms with Gasteiger partial charge in [0.15, 0.2) is 0 Å². The molecule has 0 bridgehead atoms. The van der Waals surface area contributed by atoms with Gasteiger partial charge in [-0.25, -0.2) is 4.39 Å². The highest BCUT2D eigenvalue weighted by Crippen LogP contribution is 2.47. The fourth-order valence-electron chi connectivity index (χ4n) is 5.21. The van der Waals surface area contributed by atoms with E-state index in [1.807, 2.05) is 12.1 Å². The Kier molecular flexibility index (Phi) is 8.91. The Hall–Kier alpha value is -3.56. The number of aliphatic hydroxyl groups is 2. The van der Waals surface area contributed by atoms with Crippen LogP contribution in [-0.4, -0.2) is 70.7 Å². The van der Waals surface area contributed by atoms with Crippen molar-refractivity contribution in [1.29, 1.82) is 0 Å². The predicted octanol–water partition coefficient (Wildman–Crippen LogP) is 2.28. The molecule has 1 aliphatic heterocycles. The molecular formula is C29H33FN2O6. The molecule has 8 nitrogen and oxygen atoms in total. The number of rotatable bonds is 11. The molecule has 2 aromatic rings. The summed E-state index contributed by atoms with van der Waals surface area (Å²) < 4.78 is 19.9. The number of amides is 2. The minimum atomic E-state index is -1.15. The van der Waals surface area contributed by atoms with E-state index in [1.165, 1.54) is 24.0 Å². The van der Waals surface area contributed by atoms with Gasteiger partial charge in [-0.2, -0.15) is 0 Å². The molecule has 1 heterocycles. The van der Waals surface area contributed by atoms with Gasteiger partial charge in [0.1, 0.15) is 29.6 Å². The topological polar surface area (TPSA) is 116 Å². The lowest BCUT2D eigenvalue weighted by Crippen LogP contribution is -2.56. The van der Waals surface area contributed by atoms with Gasteiger partial charge in [0.2, 0.25) is 11.8 Å². The fourth-order valence-corrected chi connectivity index (χ4v) is 5.21. The first-order valence-corrected chi connectivity index (χ1v) is 12.9. The van der Waals surface area contributed by atoms with Crippen LogP contribution >= 0.6 is 0 Å². The number of ketones is 1. The highest BCUT2D eigenvalue weighted by atomic mass is 19.1. The Morgan fingerprint density at radius 3 is 2.63 bits per heavy atom. The second-order valence-electron chi connectivity index (χ2n) is 9.70. The van der Waals surface area contributed by atoms with Crippen molar-refractivity contribution in [2.24, 2.45) is 0 Å². The van der Waals surface area contributed by atoms with Crippen LogP contribution in [0.2, 0.25) is 0 Å². The summed E-state index contributed by atoms with van der Waals surface area (Å²) in [5.74, 6) is -1.10. The van der Waals surface area contributed by atoms with E-state index < -0.39 is 30.1 Å². The molecule has 38 heavy (non-hydrogen) atoms. The van der Waals surface area contributed by atoms with E-state index in [0.29, 0.717) is 29.7 Å². The normalized spacial score (nSPS) is 21.5. The lowest BCUT2D eigenvalue weighted by molar-refractivity contribution is -0.137. The van der Waals surface area contributed by atoms with E-state index in [-0.39, 0.29) is 50.0 Å². The van der Waals surface area contributed by atoms with Gasteiger partial charge in [-0.3, -0.25) is 9.59 Å². The molecule has 2 aromatic carbocycles. The lowest BCUT2D eigenvalue weighted by atomic mass is 9.77. The molecule has 4 atom stereocenters. The third-order valence-corrected chi connectivity index (χ3v) is 7.01. The molecule has 4 rings (SSSR count). The van der Waals surface area contributed by atoms with Crippen molar-refractivity contribution in [3.63, 3.8) is 0 Å².